The second-order valence-corrected chi connectivity index (χ2v) is 8.46. The van der Waals surface area contributed by atoms with E-state index in [-0.39, 0.29) is 36.1 Å². The monoisotopic (exact) mass is 450 g/mol. The van der Waals surface area contributed by atoms with Crippen LogP contribution in [-0.2, 0) is 35.2 Å². The van der Waals surface area contributed by atoms with Gasteiger partial charge < -0.3 is 23.0 Å². The number of aryl methyl sites for hydroxylation is 1. The number of hydrogen-bond donors (Lipinski definition) is 1. The lowest BCUT2D eigenvalue weighted by molar-refractivity contribution is -0.151. The molecule has 162 valence electrons. The average molecular weight is 450 g/mol. The van der Waals surface area contributed by atoms with E-state index in [1.165, 1.54) is 6.92 Å². The second-order valence-electron chi connectivity index (χ2n) is 6.38. The predicted octanol–water partition coefficient (Wildman–Crippen LogP) is 2.26. The fraction of sp³-hybridized carbons (Fsp3) is 0.588. The van der Waals surface area contributed by atoms with Crippen molar-refractivity contribution in [1.82, 2.24) is 0 Å². The Labute approximate surface area is 176 Å². The van der Waals surface area contributed by atoms with Gasteiger partial charge in [-0.2, -0.15) is 12.6 Å². The van der Waals surface area contributed by atoms with Crippen LogP contribution < -0.4 is 5.82 Å². The third kappa shape index (κ3) is 9.22. The number of Topliss-reactive ketones (excluding diaryl/α,β-unsaturated/α-hetero) is 1. The van der Waals surface area contributed by atoms with Crippen LogP contribution >= 0.6 is 24.4 Å². The lowest BCUT2D eigenvalue weighted by Gasteiger charge is -2.20. The zero-order valence-corrected chi connectivity index (χ0v) is 18.1. The average Bonchev–Trinajstić information content (AvgIpc) is 2.92. The molecular formula is C17H22O10S2. The highest BCUT2D eigenvalue weighted by Gasteiger charge is 2.31. The topological polar surface area (TPSA) is 139 Å². The van der Waals surface area contributed by atoms with Crippen LogP contribution in [0.2, 0.25) is 0 Å². The number of rotatable bonds is 10. The number of ketones is 1. The summed E-state index contributed by atoms with van der Waals surface area (Å²) in [5.41, 5.74) is 0. The van der Waals surface area contributed by atoms with Crippen molar-refractivity contribution in [2.24, 2.45) is 5.92 Å². The SMILES string of the molecule is CC(=O)OCOC(=O)SC[C@H](CC(=O)C(C)(C)S)C(=O)OCc1oc(=O)oc1C. The van der Waals surface area contributed by atoms with E-state index in [1.807, 2.05) is 0 Å². The van der Waals surface area contributed by atoms with E-state index in [4.69, 9.17) is 9.15 Å². The third-order valence-electron chi connectivity index (χ3n) is 3.47. The second kappa shape index (κ2) is 11.1. The summed E-state index contributed by atoms with van der Waals surface area (Å²) >= 11 is 4.81. The van der Waals surface area contributed by atoms with E-state index < -0.39 is 40.5 Å². The summed E-state index contributed by atoms with van der Waals surface area (Å²) in [4.78, 5) is 58.1. The molecule has 0 unspecified atom stereocenters. The molecule has 29 heavy (non-hydrogen) atoms. The first-order valence-electron chi connectivity index (χ1n) is 8.34. The van der Waals surface area contributed by atoms with Crippen LogP contribution in [0.3, 0.4) is 0 Å². The van der Waals surface area contributed by atoms with Gasteiger partial charge in [-0.05, 0) is 32.5 Å². The first-order valence-corrected chi connectivity index (χ1v) is 9.78. The van der Waals surface area contributed by atoms with E-state index in [0.29, 0.717) is 11.8 Å². The van der Waals surface area contributed by atoms with Crippen LogP contribution in [0.5, 0.6) is 0 Å². The molecule has 12 heteroatoms. The summed E-state index contributed by atoms with van der Waals surface area (Å²) in [6.45, 7) is 4.84. The molecule has 10 nitrogen and oxygen atoms in total. The van der Waals surface area contributed by atoms with Gasteiger partial charge in [0.05, 0.1) is 10.7 Å². The number of carbonyl (C=O) groups excluding carboxylic acids is 4. The summed E-state index contributed by atoms with van der Waals surface area (Å²) in [6, 6.07) is 0. The van der Waals surface area contributed by atoms with Crippen LogP contribution in [0.15, 0.2) is 13.6 Å². The highest BCUT2D eigenvalue weighted by atomic mass is 32.2. The van der Waals surface area contributed by atoms with Gasteiger partial charge in [-0.25, -0.2) is 9.59 Å². The summed E-state index contributed by atoms with van der Waals surface area (Å²) in [5, 5.41) is -0.793. The molecular weight excluding hydrogens is 428 g/mol. The molecule has 1 atom stereocenters. The summed E-state index contributed by atoms with van der Waals surface area (Å²) in [7, 11) is 0. The van der Waals surface area contributed by atoms with Crippen molar-refractivity contribution in [3.8, 4) is 0 Å². The molecule has 0 aromatic carbocycles. The molecule has 0 spiro atoms. The number of carbonyl (C=O) groups is 4. The Morgan fingerprint density at radius 2 is 1.79 bits per heavy atom. The number of thioether (sulfide) groups is 1. The molecule has 1 aromatic rings. The number of ether oxygens (including phenoxy) is 3. The van der Waals surface area contributed by atoms with Crippen molar-refractivity contribution in [3.63, 3.8) is 0 Å². The molecule has 0 saturated carbocycles. The first-order chi connectivity index (χ1) is 13.4. The van der Waals surface area contributed by atoms with Crippen molar-refractivity contribution in [2.75, 3.05) is 12.5 Å². The number of thiol groups is 1. The van der Waals surface area contributed by atoms with Crippen molar-refractivity contribution < 1.29 is 42.2 Å². The van der Waals surface area contributed by atoms with Gasteiger partial charge in [-0.3, -0.25) is 14.4 Å². The number of esters is 2. The highest BCUT2D eigenvalue weighted by Crippen LogP contribution is 2.23. The fourth-order valence-corrected chi connectivity index (χ4v) is 2.63. The van der Waals surface area contributed by atoms with Crippen LogP contribution in [0, 0.1) is 12.8 Å². The quantitative estimate of drug-likeness (QED) is 0.319. The van der Waals surface area contributed by atoms with E-state index in [0.717, 1.165) is 6.92 Å². The minimum absolute atomic E-state index is 0.0383. The maximum atomic E-state index is 12.4. The van der Waals surface area contributed by atoms with Gasteiger partial charge in [0.1, 0.15) is 5.78 Å². The minimum atomic E-state index is -0.993. The maximum Gasteiger partial charge on any atom is 0.519 e. The molecule has 0 aliphatic carbocycles. The molecule has 0 bridgehead atoms. The van der Waals surface area contributed by atoms with Gasteiger partial charge in [0.15, 0.2) is 18.1 Å². The molecule has 0 N–H and O–H groups in total. The lowest BCUT2D eigenvalue weighted by atomic mass is 9.97. The Morgan fingerprint density at radius 1 is 1.14 bits per heavy atom. The van der Waals surface area contributed by atoms with Gasteiger partial charge in [0.25, 0.3) is 0 Å². The van der Waals surface area contributed by atoms with Gasteiger partial charge in [-0.1, -0.05) is 0 Å². The molecule has 0 fully saturated rings. The van der Waals surface area contributed by atoms with Crippen molar-refractivity contribution in [2.45, 2.75) is 45.5 Å². The van der Waals surface area contributed by atoms with Crippen LogP contribution in [-0.4, -0.2) is 40.3 Å². The van der Waals surface area contributed by atoms with E-state index >= 15 is 0 Å². The Balaban J connectivity index is 2.71. The zero-order valence-electron chi connectivity index (χ0n) is 16.3. The zero-order chi connectivity index (χ0) is 22.2. The molecule has 0 saturated heterocycles. The van der Waals surface area contributed by atoms with E-state index in [9.17, 15) is 24.0 Å². The minimum Gasteiger partial charge on any atom is -0.457 e. The largest absolute Gasteiger partial charge is 0.519 e. The van der Waals surface area contributed by atoms with Gasteiger partial charge in [-0.15, -0.1) is 0 Å². The fourth-order valence-electron chi connectivity index (χ4n) is 1.82. The lowest BCUT2D eigenvalue weighted by Crippen LogP contribution is -2.31. The van der Waals surface area contributed by atoms with Crippen molar-refractivity contribution >= 4 is 47.4 Å². The van der Waals surface area contributed by atoms with Crippen molar-refractivity contribution in [3.05, 3.63) is 22.1 Å². The number of hydrogen-bond acceptors (Lipinski definition) is 12. The Bertz CT molecular complexity index is 802. The van der Waals surface area contributed by atoms with Crippen LogP contribution in [0.1, 0.15) is 38.7 Å². The Hall–Kier alpha value is -2.21. The van der Waals surface area contributed by atoms with Gasteiger partial charge >= 0.3 is 23.1 Å². The Morgan fingerprint density at radius 3 is 2.31 bits per heavy atom. The molecule has 0 aliphatic heterocycles. The molecule has 1 rings (SSSR count). The van der Waals surface area contributed by atoms with E-state index in [2.05, 4.69) is 26.5 Å². The highest BCUT2D eigenvalue weighted by molar-refractivity contribution is 8.13. The molecule has 1 aromatic heterocycles. The predicted molar refractivity (Wildman–Crippen MR) is 104 cm³/mol. The summed E-state index contributed by atoms with van der Waals surface area (Å²) in [5.74, 6) is -3.56. The summed E-state index contributed by atoms with van der Waals surface area (Å²) < 4.78 is 22.7. The van der Waals surface area contributed by atoms with Crippen molar-refractivity contribution in [1.29, 1.82) is 0 Å². The molecule has 0 amide bonds. The van der Waals surface area contributed by atoms with Crippen LogP contribution in [0.25, 0.3) is 0 Å². The van der Waals surface area contributed by atoms with Gasteiger partial charge in [0.2, 0.25) is 6.79 Å². The smallest absolute Gasteiger partial charge is 0.457 e. The normalized spacial score (nSPS) is 12.2. The Kier molecular flexibility index (Phi) is 9.50. The van der Waals surface area contributed by atoms with Crippen LogP contribution in [0.4, 0.5) is 4.79 Å². The molecule has 0 radical (unpaired) electrons. The standard InChI is InChI=1S/C17H22O10S2/c1-9-12(27-15(21)26-9)6-23-14(20)11(5-13(19)17(3,4)28)7-29-16(22)25-8-24-10(2)18/h11,28H,5-8H2,1-4H3/t11-/m0/s1. The molecule has 1 heterocycles. The molecule has 0 aliphatic rings. The third-order valence-corrected chi connectivity index (χ3v) is 4.64. The maximum absolute atomic E-state index is 12.4. The first kappa shape index (κ1) is 24.8. The summed E-state index contributed by atoms with van der Waals surface area (Å²) in [6.07, 6.45) is -0.228. The van der Waals surface area contributed by atoms with Gasteiger partial charge in [0, 0.05) is 19.1 Å². The van der Waals surface area contributed by atoms with E-state index in [1.54, 1.807) is 13.8 Å².